The molecule has 3 amide bonds. The van der Waals surface area contributed by atoms with E-state index in [4.69, 9.17) is 5.73 Å². The van der Waals surface area contributed by atoms with E-state index in [1.54, 1.807) is 12.3 Å². The summed E-state index contributed by atoms with van der Waals surface area (Å²) in [5, 5.41) is 4.51. The van der Waals surface area contributed by atoms with E-state index < -0.39 is 24.7 Å². The second kappa shape index (κ2) is 7.10. The number of piperazine rings is 1. The summed E-state index contributed by atoms with van der Waals surface area (Å²) in [6, 6.07) is 0.612. The number of halogens is 3. The zero-order chi connectivity index (χ0) is 20.8. The van der Waals surface area contributed by atoms with Gasteiger partial charge in [-0.15, -0.1) is 0 Å². The van der Waals surface area contributed by atoms with Crippen LogP contribution in [0.5, 0.6) is 0 Å². The molecule has 0 radical (unpaired) electrons. The molecule has 2 aromatic heterocycles. The van der Waals surface area contributed by atoms with Crippen LogP contribution >= 0.6 is 0 Å². The Hall–Kier alpha value is -3.02. The number of hydrogen-bond acceptors (Lipinski definition) is 5. The van der Waals surface area contributed by atoms with Crippen molar-refractivity contribution in [1.29, 1.82) is 0 Å². The number of primary amides is 1. The van der Waals surface area contributed by atoms with E-state index in [0.717, 1.165) is 0 Å². The maximum atomic E-state index is 12.4. The molecule has 12 heteroatoms. The van der Waals surface area contributed by atoms with Crippen LogP contribution < -0.4 is 16.5 Å². The van der Waals surface area contributed by atoms with Crippen LogP contribution in [0.3, 0.4) is 0 Å². The second-order valence-corrected chi connectivity index (χ2v) is 7.23. The van der Waals surface area contributed by atoms with Crippen molar-refractivity contribution in [2.24, 2.45) is 5.73 Å². The van der Waals surface area contributed by atoms with Gasteiger partial charge in [0.05, 0.1) is 11.3 Å². The van der Waals surface area contributed by atoms with Crippen molar-refractivity contribution < 1.29 is 22.8 Å². The third kappa shape index (κ3) is 3.79. The summed E-state index contributed by atoms with van der Waals surface area (Å²) in [5.41, 5.74) is 10.0. The average Bonchev–Trinajstić information content (AvgIpc) is 3.22. The molecular weight excluding hydrogens is 391 g/mol. The lowest BCUT2D eigenvalue weighted by atomic mass is 10.1. The molecule has 0 spiro atoms. The molecule has 2 fully saturated rings. The number of fused-ring (bicyclic) bond motifs is 3. The van der Waals surface area contributed by atoms with E-state index in [1.807, 2.05) is 10.3 Å². The Bertz CT molecular complexity index is 931. The van der Waals surface area contributed by atoms with E-state index >= 15 is 0 Å². The van der Waals surface area contributed by atoms with E-state index in [9.17, 15) is 22.8 Å². The molecule has 2 unspecified atom stereocenters. The van der Waals surface area contributed by atoms with Crippen LogP contribution in [0.4, 0.5) is 23.7 Å². The van der Waals surface area contributed by atoms with Crippen LogP contribution in [0.1, 0.15) is 23.2 Å². The van der Waals surface area contributed by atoms with Gasteiger partial charge in [0.1, 0.15) is 12.2 Å². The number of nitrogens with two attached hydrogens (primary N) is 1. The van der Waals surface area contributed by atoms with Gasteiger partial charge in [-0.1, -0.05) is 0 Å². The summed E-state index contributed by atoms with van der Waals surface area (Å²) in [5.74, 6) is -0.628. The number of anilines is 1. The number of nitrogens with zero attached hydrogens (tertiary/aromatic N) is 3. The summed E-state index contributed by atoms with van der Waals surface area (Å²) in [6.45, 7) is -0.543. The third-order valence-corrected chi connectivity index (χ3v) is 5.28. The Kier molecular flexibility index (Phi) is 4.73. The van der Waals surface area contributed by atoms with Gasteiger partial charge in [0.15, 0.2) is 0 Å². The number of amides is 3. The minimum atomic E-state index is -4.45. The quantitative estimate of drug-likeness (QED) is 0.607. The number of carbonyl (C=O) groups excluding carboxylic acids is 2. The van der Waals surface area contributed by atoms with Crippen molar-refractivity contribution in [1.82, 2.24) is 25.2 Å². The highest BCUT2D eigenvalue weighted by Gasteiger charge is 2.43. The Balaban J connectivity index is 1.50. The molecule has 2 aromatic rings. The second-order valence-electron chi connectivity index (χ2n) is 7.23. The Labute approximate surface area is 163 Å². The van der Waals surface area contributed by atoms with Crippen molar-refractivity contribution >= 4 is 28.7 Å². The number of carbonyl (C=O) groups is 2. The van der Waals surface area contributed by atoms with Crippen molar-refractivity contribution in [3.8, 4) is 0 Å². The van der Waals surface area contributed by atoms with E-state index in [2.05, 4.69) is 15.4 Å². The molecule has 9 nitrogen and oxygen atoms in total. The molecule has 2 aliphatic heterocycles. The van der Waals surface area contributed by atoms with Crippen LogP contribution in [0, 0.1) is 0 Å². The van der Waals surface area contributed by atoms with Crippen LogP contribution in [0.2, 0.25) is 0 Å². The Morgan fingerprint density at radius 2 is 1.97 bits per heavy atom. The monoisotopic (exact) mass is 411 g/mol. The largest absolute Gasteiger partial charge is 0.405 e. The Morgan fingerprint density at radius 3 is 2.59 bits per heavy atom. The summed E-state index contributed by atoms with van der Waals surface area (Å²) >= 11 is 0. The third-order valence-electron chi connectivity index (χ3n) is 5.28. The highest BCUT2D eigenvalue weighted by Crippen LogP contribution is 2.32. The summed E-state index contributed by atoms with van der Waals surface area (Å²) in [7, 11) is 0. The summed E-state index contributed by atoms with van der Waals surface area (Å²) < 4.78 is 37.2. The van der Waals surface area contributed by atoms with Gasteiger partial charge in [-0.25, -0.2) is 14.8 Å². The first-order chi connectivity index (χ1) is 13.7. The molecule has 2 bridgehead atoms. The number of aromatic nitrogens is 2. The highest BCUT2D eigenvalue weighted by atomic mass is 19.4. The molecule has 2 saturated heterocycles. The van der Waals surface area contributed by atoms with Gasteiger partial charge in [0.2, 0.25) is 0 Å². The van der Waals surface area contributed by atoms with Gasteiger partial charge in [-0.2, -0.15) is 13.2 Å². The molecule has 2 atom stereocenters. The lowest BCUT2D eigenvalue weighted by Crippen LogP contribution is -2.59. The number of hydrazine groups is 1. The molecule has 0 saturated carbocycles. The standard InChI is InChI=1S/C17H20F3N7O2/c18-17(19,20)8-24-16(29)27-9-1-2-10(27)7-26(6-9)25-13-11-3-4-22-15(11)23-5-12(13)14(21)28/h3-5,9-10H,1-2,6-8H2,(H2,21,28)(H,24,29)(H2,22,23,25). The lowest BCUT2D eigenvalue weighted by molar-refractivity contribution is -0.123. The van der Waals surface area contributed by atoms with Gasteiger partial charge in [0.25, 0.3) is 5.91 Å². The summed E-state index contributed by atoms with van der Waals surface area (Å²) in [4.78, 5) is 32.7. The first-order valence-electron chi connectivity index (χ1n) is 9.13. The molecule has 0 aliphatic carbocycles. The lowest BCUT2D eigenvalue weighted by Gasteiger charge is -2.41. The van der Waals surface area contributed by atoms with Crippen molar-refractivity contribution in [2.45, 2.75) is 31.1 Å². The fourth-order valence-electron chi connectivity index (χ4n) is 4.07. The SMILES string of the molecule is NC(=O)c1cnc2[nH]ccc2c1NN1CC2CCC(C1)N2C(=O)NCC(F)(F)F. The number of rotatable bonds is 4. The predicted molar refractivity (Wildman–Crippen MR) is 97.9 cm³/mol. The first kappa shape index (κ1) is 19.3. The zero-order valence-corrected chi connectivity index (χ0v) is 15.3. The predicted octanol–water partition coefficient (Wildman–Crippen LogP) is 1.41. The fourth-order valence-corrected chi connectivity index (χ4v) is 4.07. The molecule has 4 heterocycles. The van der Waals surface area contributed by atoms with E-state index in [-0.39, 0.29) is 17.6 Å². The maximum Gasteiger partial charge on any atom is 0.405 e. The maximum absolute atomic E-state index is 12.4. The van der Waals surface area contributed by atoms with Gasteiger partial charge < -0.3 is 26.4 Å². The van der Waals surface area contributed by atoms with Gasteiger partial charge >= 0.3 is 12.2 Å². The number of aromatic amines is 1. The number of pyridine rings is 1. The number of hydrogen-bond donors (Lipinski definition) is 4. The molecule has 4 rings (SSSR count). The summed E-state index contributed by atoms with van der Waals surface area (Å²) in [6.07, 6.45) is 0.0213. The molecule has 156 valence electrons. The fraction of sp³-hybridized carbons (Fsp3) is 0.471. The van der Waals surface area contributed by atoms with Crippen LogP contribution in [0.25, 0.3) is 11.0 Å². The first-order valence-corrected chi connectivity index (χ1v) is 9.13. The highest BCUT2D eigenvalue weighted by molar-refractivity contribution is 6.05. The van der Waals surface area contributed by atoms with Gasteiger partial charge in [0, 0.05) is 43.0 Å². The Morgan fingerprint density at radius 1 is 1.28 bits per heavy atom. The van der Waals surface area contributed by atoms with Crippen molar-refractivity contribution in [3.63, 3.8) is 0 Å². The average molecular weight is 411 g/mol. The zero-order valence-electron chi connectivity index (χ0n) is 15.3. The minimum absolute atomic E-state index is 0.227. The smallest absolute Gasteiger partial charge is 0.365 e. The van der Waals surface area contributed by atoms with Gasteiger partial charge in [-0.3, -0.25) is 4.79 Å². The number of urea groups is 1. The number of H-pyrrole nitrogens is 1. The van der Waals surface area contributed by atoms with Crippen molar-refractivity contribution in [3.05, 3.63) is 24.0 Å². The van der Waals surface area contributed by atoms with Gasteiger partial charge in [-0.05, 0) is 18.9 Å². The molecule has 29 heavy (non-hydrogen) atoms. The molecule has 0 aromatic carbocycles. The van der Waals surface area contributed by atoms with Crippen LogP contribution in [-0.4, -0.2) is 69.7 Å². The molecule has 2 aliphatic rings. The molecular formula is C17H20F3N7O2. The van der Waals surface area contributed by atoms with Crippen LogP contribution in [-0.2, 0) is 0 Å². The molecule has 5 N–H and O–H groups in total. The normalized spacial score (nSPS) is 22.1. The van der Waals surface area contributed by atoms with Crippen LogP contribution in [0.15, 0.2) is 18.5 Å². The number of nitrogens with one attached hydrogen (secondary N) is 3. The van der Waals surface area contributed by atoms with Crippen molar-refractivity contribution in [2.75, 3.05) is 25.1 Å². The minimum Gasteiger partial charge on any atom is -0.365 e. The van der Waals surface area contributed by atoms with E-state index in [0.29, 0.717) is 42.7 Å². The topological polar surface area (TPSA) is 119 Å². The van der Waals surface area contributed by atoms with E-state index in [1.165, 1.54) is 11.1 Å². The number of alkyl halides is 3.